The predicted molar refractivity (Wildman–Crippen MR) is 104 cm³/mol. The molecular weight excluding hydrogens is 398 g/mol. The van der Waals surface area contributed by atoms with Crippen LogP contribution in [0.25, 0.3) is 0 Å². The Kier molecular flexibility index (Phi) is 10.0. The molecule has 0 unspecified atom stereocenters. The minimum absolute atomic E-state index is 0.0540. The number of hydrogen-bond donors (Lipinski definition) is 2. The average Bonchev–Trinajstić information content (AvgIpc) is 2.59. The van der Waals surface area contributed by atoms with Gasteiger partial charge in [-0.15, -0.1) is 0 Å². The maximum absolute atomic E-state index is 12.5. The first kappa shape index (κ1) is 23.1. The van der Waals surface area contributed by atoms with Gasteiger partial charge in [0.15, 0.2) is 0 Å². The van der Waals surface area contributed by atoms with Crippen molar-refractivity contribution in [1.29, 1.82) is 0 Å². The largest absolute Gasteiger partial charge is 0.481 e. The third-order valence-corrected chi connectivity index (χ3v) is 5.55. The number of carboxylic acids is 2. The molecule has 0 aliphatic rings. The van der Waals surface area contributed by atoms with Crippen LogP contribution in [0, 0.1) is 0 Å². The minimum atomic E-state index is -0.931. The topological polar surface area (TPSA) is 141 Å². The molecule has 0 saturated carbocycles. The summed E-state index contributed by atoms with van der Waals surface area (Å²) in [7, 11) is 0. The number of rotatable bonds is 13. The summed E-state index contributed by atoms with van der Waals surface area (Å²) in [5.74, 6) is -1.03. The van der Waals surface area contributed by atoms with Gasteiger partial charge in [-0.1, -0.05) is 0 Å². The molecule has 1 aromatic heterocycles. The summed E-state index contributed by atoms with van der Waals surface area (Å²) in [5, 5.41) is 17.2. The molecule has 1 rings (SSSR count). The Morgan fingerprint density at radius 2 is 1.15 bits per heavy atom. The van der Waals surface area contributed by atoms with E-state index in [4.69, 9.17) is 10.2 Å². The predicted octanol–water partition coefficient (Wildman–Crippen LogP) is -0.393. The zero-order valence-electron chi connectivity index (χ0n) is 15.0. The maximum atomic E-state index is 12.5. The molecule has 10 nitrogen and oxygen atoms in total. The molecule has 1 aromatic rings. The molecule has 0 amide bonds. The van der Waals surface area contributed by atoms with Crippen molar-refractivity contribution in [2.45, 2.75) is 39.4 Å². The van der Waals surface area contributed by atoms with Crippen LogP contribution in [-0.4, -0.2) is 58.9 Å². The number of thioether (sulfide) groups is 2. The Morgan fingerprint density at radius 3 is 1.48 bits per heavy atom. The summed E-state index contributed by atoms with van der Waals surface area (Å²) in [4.78, 5) is 58.2. The quantitative estimate of drug-likeness (QED) is 0.407. The molecule has 152 valence electrons. The molecule has 0 saturated heterocycles. The van der Waals surface area contributed by atoms with E-state index in [2.05, 4.69) is 0 Å². The molecule has 0 bridgehead atoms. The normalized spacial score (nSPS) is 10.9. The van der Waals surface area contributed by atoms with Crippen LogP contribution in [0.3, 0.4) is 0 Å². The van der Waals surface area contributed by atoms with Gasteiger partial charge in [0.2, 0.25) is 0 Å². The maximum Gasteiger partial charge on any atom is 0.336 e. The molecule has 0 atom stereocenters. The van der Waals surface area contributed by atoms with E-state index in [1.165, 1.54) is 23.5 Å². The molecule has 27 heavy (non-hydrogen) atoms. The molecular formula is C15H23N3O7S2. The van der Waals surface area contributed by atoms with E-state index in [0.29, 0.717) is 24.3 Å². The highest BCUT2D eigenvalue weighted by Crippen LogP contribution is 2.03. The third-order valence-electron chi connectivity index (χ3n) is 3.49. The molecule has 0 spiro atoms. The molecule has 12 heteroatoms. The van der Waals surface area contributed by atoms with E-state index >= 15 is 0 Å². The van der Waals surface area contributed by atoms with Gasteiger partial charge >= 0.3 is 29.0 Å². The Hall–Kier alpha value is -1.95. The fourth-order valence-electron chi connectivity index (χ4n) is 2.30. The average molecular weight is 421 g/mol. The number of hydrogen-bond acceptors (Lipinski definition) is 7. The zero-order chi connectivity index (χ0) is 20.4. The van der Waals surface area contributed by atoms with Crippen molar-refractivity contribution in [3.05, 3.63) is 31.5 Å². The number of aliphatic carboxylic acids is 2. The van der Waals surface area contributed by atoms with Crippen LogP contribution >= 0.6 is 23.5 Å². The number of carboxylic acid groups (broad SMARTS) is 2. The standard InChI is InChI=1S/C15H23N3O7S2/c1-2-16-13(23)17(5-3-7-26-9-11(19)20)15(25)18(14(16)24)6-4-8-27-10-12(21)22/h2-10H2,1H3,(H,19,20)(H,21,22). The fraction of sp³-hybridized carbons (Fsp3) is 0.667. The van der Waals surface area contributed by atoms with Gasteiger partial charge in [-0.2, -0.15) is 23.5 Å². The minimum Gasteiger partial charge on any atom is -0.481 e. The van der Waals surface area contributed by atoms with Crippen LogP contribution in [0.15, 0.2) is 14.4 Å². The SMILES string of the molecule is CCn1c(=O)n(CCCSCC(=O)O)c(=O)n(CCCSCC(=O)O)c1=O. The van der Waals surface area contributed by atoms with E-state index in [0.717, 1.165) is 13.7 Å². The van der Waals surface area contributed by atoms with E-state index in [1.54, 1.807) is 6.92 Å². The van der Waals surface area contributed by atoms with Gasteiger partial charge in [0, 0.05) is 19.6 Å². The summed E-state index contributed by atoms with van der Waals surface area (Å²) in [6, 6.07) is 0. The summed E-state index contributed by atoms with van der Waals surface area (Å²) >= 11 is 2.38. The Balaban J connectivity index is 2.88. The van der Waals surface area contributed by atoms with Crippen molar-refractivity contribution in [3.8, 4) is 0 Å². The highest BCUT2D eigenvalue weighted by molar-refractivity contribution is 8.00. The van der Waals surface area contributed by atoms with Gasteiger partial charge in [0.05, 0.1) is 11.5 Å². The second-order valence-corrected chi connectivity index (χ2v) is 7.71. The van der Waals surface area contributed by atoms with Gasteiger partial charge < -0.3 is 10.2 Å². The van der Waals surface area contributed by atoms with Gasteiger partial charge in [-0.3, -0.25) is 9.59 Å². The van der Waals surface area contributed by atoms with Crippen molar-refractivity contribution in [2.75, 3.05) is 23.0 Å². The first-order valence-electron chi connectivity index (χ1n) is 8.33. The lowest BCUT2D eigenvalue weighted by Crippen LogP contribution is -2.54. The zero-order valence-corrected chi connectivity index (χ0v) is 16.6. The first-order valence-corrected chi connectivity index (χ1v) is 10.6. The van der Waals surface area contributed by atoms with Gasteiger partial charge in [0.25, 0.3) is 0 Å². The van der Waals surface area contributed by atoms with E-state index in [-0.39, 0.29) is 31.1 Å². The monoisotopic (exact) mass is 421 g/mol. The van der Waals surface area contributed by atoms with Gasteiger partial charge in [0.1, 0.15) is 0 Å². The number of nitrogens with zero attached hydrogens (tertiary/aromatic N) is 3. The highest BCUT2D eigenvalue weighted by atomic mass is 32.2. The molecule has 0 fully saturated rings. The van der Waals surface area contributed by atoms with Crippen LogP contribution in [0.2, 0.25) is 0 Å². The van der Waals surface area contributed by atoms with E-state index in [9.17, 15) is 24.0 Å². The van der Waals surface area contributed by atoms with Crippen LogP contribution < -0.4 is 17.1 Å². The van der Waals surface area contributed by atoms with E-state index in [1.807, 2.05) is 0 Å². The highest BCUT2D eigenvalue weighted by Gasteiger charge is 2.14. The Labute approximate surface area is 163 Å². The Bertz CT molecular complexity index is 766. The van der Waals surface area contributed by atoms with Crippen molar-refractivity contribution >= 4 is 35.5 Å². The summed E-state index contributed by atoms with van der Waals surface area (Å²) < 4.78 is 2.98. The van der Waals surface area contributed by atoms with Gasteiger partial charge in [-0.25, -0.2) is 28.1 Å². The lowest BCUT2D eigenvalue weighted by molar-refractivity contribution is -0.134. The van der Waals surface area contributed by atoms with E-state index < -0.39 is 29.0 Å². The smallest absolute Gasteiger partial charge is 0.336 e. The van der Waals surface area contributed by atoms with Gasteiger partial charge in [-0.05, 0) is 31.3 Å². The summed E-state index contributed by atoms with van der Waals surface area (Å²) in [6.07, 6.45) is 0.840. The van der Waals surface area contributed by atoms with Crippen molar-refractivity contribution < 1.29 is 19.8 Å². The fourth-order valence-corrected chi connectivity index (χ4v) is 3.61. The molecule has 0 aliphatic carbocycles. The molecule has 1 heterocycles. The number of aromatic nitrogens is 3. The van der Waals surface area contributed by atoms with Crippen LogP contribution in [0.1, 0.15) is 19.8 Å². The molecule has 0 aliphatic heterocycles. The lowest BCUT2D eigenvalue weighted by Gasteiger charge is -2.12. The van der Waals surface area contributed by atoms with Crippen molar-refractivity contribution in [3.63, 3.8) is 0 Å². The third kappa shape index (κ3) is 7.29. The molecule has 0 radical (unpaired) electrons. The second-order valence-electron chi connectivity index (χ2n) is 5.50. The number of carbonyl (C=O) groups is 2. The second kappa shape index (κ2) is 11.7. The van der Waals surface area contributed by atoms with Crippen molar-refractivity contribution in [2.24, 2.45) is 0 Å². The van der Waals surface area contributed by atoms with Crippen LogP contribution in [0.5, 0.6) is 0 Å². The molecule has 0 aromatic carbocycles. The first-order chi connectivity index (χ1) is 12.8. The van der Waals surface area contributed by atoms with Crippen LogP contribution in [-0.2, 0) is 29.2 Å². The summed E-state index contributed by atoms with van der Waals surface area (Å²) in [5.41, 5.74) is -2.04. The van der Waals surface area contributed by atoms with Crippen LogP contribution in [0.4, 0.5) is 0 Å². The summed E-state index contributed by atoms with van der Waals surface area (Å²) in [6.45, 7) is 1.95. The Morgan fingerprint density at radius 1 is 0.778 bits per heavy atom. The molecule has 2 N–H and O–H groups in total. The van der Waals surface area contributed by atoms with Crippen molar-refractivity contribution in [1.82, 2.24) is 13.7 Å². The lowest BCUT2D eigenvalue weighted by atomic mass is 10.4.